The van der Waals surface area contributed by atoms with Crippen molar-refractivity contribution in [3.8, 4) is 11.4 Å². The highest BCUT2D eigenvalue weighted by Gasteiger charge is 2.30. The second-order valence-electron chi connectivity index (χ2n) is 6.63. The normalized spacial score (nSPS) is 16.2. The fourth-order valence-corrected chi connectivity index (χ4v) is 5.32. The summed E-state index contributed by atoms with van der Waals surface area (Å²) in [5.74, 6) is 1.04. The van der Waals surface area contributed by atoms with Gasteiger partial charge in [0.15, 0.2) is 0 Å². The molecular formula is C19H18Cl2N4O3S. The van der Waals surface area contributed by atoms with Gasteiger partial charge in [-0.3, -0.25) is 4.90 Å². The zero-order chi connectivity index (χ0) is 20.4. The van der Waals surface area contributed by atoms with Crippen LogP contribution >= 0.6 is 23.2 Å². The lowest BCUT2D eigenvalue weighted by molar-refractivity contribution is 0.163. The topological polar surface area (TPSA) is 79.5 Å². The third-order valence-corrected chi connectivity index (χ3v) is 7.32. The molecule has 10 heteroatoms. The number of hydrogen-bond donors (Lipinski definition) is 0. The maximum Gasteiger partial charge on any atom is 0.244 e. The van der Waals surface area contributed by atoms with Crippen LogP contribution in [0.2, 0.25) is 10.0 Å². The van der Waals surface area contributed by atoms with Gasteiger partial charge < -0.3 is 4.52 Å². The van der Waals surface area contributed by atoms with Crippen LogP contribution in [0.4, 0.5) is 0 Å². The molecule has 0 unspecified atom stereocenters. The summed E-state index contributed by atoms with van der Waals surface area (Å²) >= 11 is 12.0. The molecule has 1 aromatic heterocycles. The minimum absolute atomic E-state index is 0.0320. The molecule has 2 heterocycles. The molecule has 0 saturated carbocycles. The van der Waals surface area contributed by atoms with Gasteiger partial charge in [-0.1, -0.05) is 58.7 Å². The smallest absolute Gasteiger partial charge is 0.244 e. The summed E-state index contributed by atoms with van der Waals surface area (Å²) in [6.07, 6.45) is 0. The molecule has 0 N–H and O–H groups in total. The van der Waals surface area contributed by atoms with E-state index < -0.39 is 10.0 Å². The number of rotatable bonds is 5. The lowest BCUT2D eigenvalue weighted by atomic mass is 10.2. The predicted molar refractivity (Wildman–Crippen MR) is 110 cm³/mol. The van der Waals surface area contributed by atoms with Gasteiger partial charge in [0.2, 0.25) is 21.7 Å². The van der Waals surface area contributed by atoms with Gasteiger partial charge in [0.1, 0.15) is 4.90 Å². The number of halogens is 2. The molecule has 2 aromatic carbocycles. The molecule has 4 rings (SSSR count). The van der Waals surface area contributed by atoms with Crippen LogP contribution in [0.1, 0.15) is 5.89 Å². The molecule has 0 aliphatic carbocycles. The van der Waals surface area contributed by atoms with E-state index in [0.717, 1.165) is 5.56 Å². The Hall–Kier alpha value is -1.97. The summed E-state index contributed by atoms with van der Waals surface area (Å²) in [6, 6.07) is 14.0. The number of nitrogens with zero attached hydrogens (tertiary/aromatic N) is 4. The zero-order valence-corrected chi connectivity index (χ0v) is 17.7. The van der Waals surface area contributed by atoms with Crippen molar-refractivity contribution >= 4 is 33.2 Å². The molecule has 152 valence electrons. The van der Waals surface area contributed by atoms with Crippen LogP contribution in [0, 0.1) is 0 Å². The van der Waals surface area contributed by atoms with Crippen LogP contribution in [0.15, 0.2) is 57.9 Å². The quantitative estimate of drug-likeness (QED) is 0.588. The number of aromatic nitrogens is 2. The first kappa shape index (κ1) is 20.3. The van der Waals surface area contributed by atoms with E-state index in [0.29, 0.717) is 49.5 Å². The standard InChI is InChI=1S/C19H18Cl2N4O3S/c20-15-6-7-16(21)17(12-15)29(26,27)25-10-8-24(9-11-25)13-18-22-19(23-28-18)14-4-2-1-3-5-14/h1-7,12H,8-11,13H2. The van der Waals surface area contributed by atoms with Gasteiger partial charge in [-0.25, -0.2) is 8.42 Å². The van der Waals surface area contributed by atoms with E-state index in [1.807, 2.05) is 30.3 Å². The number of hydrogen-bond acceptors (Lipinski definition) is 6. The summed E-state index contributed by atoms with van der Waals surface area (Å²) in [4.78, 5) is 6.54. The van der Waals surface area contributed by atoms with Crippen molar-refractivity contribution in [2.45, 2.75) is 11.4 Å². The van der Waals surface area contributed by atoms with Crippen molar-refractivity contribution in [2.24, 2.45) is 0 Å². The van der Waals surface area contributed by atoms with Crippen LogP contribution in [0.5, 0.6) is 0 Å². The Morgan fingerprint density at radius 2 is 1.72 bits per heavy atom. The van der Waals surface area contributed by atoms with E-state index in [1.54, 1.807) is 6.07 Å². The molecule has 0 atom stereocenters. The van der Waals surface area contributed by atoms with Crippen molar-refractivity contribution < 1.29 is 12.9 Å². The first-order valence-electron chi connectivity index (χ1n) is 8.99. The molecule has 0 bridgehead atoms. The maximum absolute atomic E-state index is 12.9. The summed E-state index contributed by atoms with van der Waals surface area (Å²) in [5, 5.41) is 4.51. The third-order valence-electron chi connectivity index (χ3n) is 4.70. The average Bonchev–Trinajstić information content (AvgIpc) is 3.19. The largest absolute Gasteiger partial charge is 0.338 e. The van der Waals surface area contributed by atoms with Crippen LogP contribution in [-0.4, -0.2) is 53.9 Å². The Kier molecular flexibility index (Phi) is 5.89. The average molecular weight is 453 g/mol. The fourth-order valence-electron chi connectivity index (χ4n) is 3.16. The minimum atomic E-state index is -3.70. The van der Waals surface area contributed by atoms with Crippen molar-refractivity contribution in [1.29, 1.82) is 0 Å². The highest BCUT2D eigenvalue weighted by molar-refractivity contribution is 7.89. The predicted octanol–water partition coefficient (Wildman–Crippen LogP) is 3.55. The molecule has 1 fully saturated rings. The monoisotopic (exact) mass is 452 g/mol. The minimum Gasteiger partial charge on any atom is -0.338 e. The van der Waals surface area contributed by atoms with Crippen molar-refractivity contribution in [1.82, 2.24) is 19.3 Å². The van der Waals surface area contributed by atoms with Crippen molar-refractivity contribution in [2.75, 3.05) is 26.2 Å². The van der Waals surface area contributed by atoms with E-state index >= 15 is 0 Å². The molecule has 29 heavy (non-hydrogen) atoms. The van der Waals surface area contributed by atoms with Gasteiger partial charge in [0, 0.05) is 36.8 Å². The van der Waals surface area contributed by atoms with Gasteiger partial charge in [-0.15, -0.1) is 0 Å². The van der Waals surface area contributed by atoms with E-state index in [1.165, 1.54) is 16.4 Å². The Morgan fingerprint density at radius 3 is 2.45 bits per heavy atom. The zero-order valence-electron chi connectivity index (χ0n) is 15.3. The van der Waals surface area contributed by atoms with Crippen LogP contribution < -0.4 is 0 Å². The molecule has 0 spiro atoms. The van der Waals surface area contributed by atoms with Gasteiger partial charge in [-0.2, -0.15) is 9.29 Å². The maximum atomic E-state index is 12.9. The number of benzene rings is 2. The highest BCUT2D eigenvalue weighted by atomic mass is 35.5. The Morgan fingerprint density at radius 1 is 1.00 bits per heavy atom. The van der Waals surface area contributed by atoms with E-state index in [9.17, 15) is 8.42 Å². The molecule has 1 aliphatic rings. The lowest BCUT2D eigenvalue weighted by Gasteiger charge is -2.33. The van der Waals surface area contributed by atoms with Gasteiger partial charge in [0.05, 0.1) is 11.6 Å². The van der Waals surface area contributed by atoms with Gasteiger partial charge in [0.25, 0.3) is 0 Å². The molecule has 3 aromatic rings. The Balaban J connectivity index is 1.40. The van der Waals surface area contributed by atoms with E-state index in [-0.39, 0.29) is 9.92 Å². The van der Waals surface area contributed by atoms with E-state index in [4.69, 9.17) is 27.7 Å². The van der Waals surface area contributed by atoms with E-state index in [2.05, 4.69) is 15.0 Å². The summed E-state index contributed by atoms with van der Waals surface area (Å²) < 4.78 is 32.6. The Bertz CT molecular complexity index is 1100. The first-order chi connectivity index (χ1) is 13.9. The summed E-state index contributed by atoms with van der Waals surface area (Å²) in [6.45, 7) is 2.22. The molecule has 1 aliphatic heterocycles. The van der Waals surface area contributed by atoms with Gasteiger partial charge >= 0.3 is 0 Å². The van der Waals surface area contributed by atoms with Crippen molar-refractivity contribution in [3.05, 3.63) is 64.5 Å². The highest BCUT2D eigenvalue weighted by Crippen LogP contribution is 2.28. The number of piperazine rings is 1. The molecule has 1 saturated heterocycles. The van der Waals surface area contributed by atoms with Gasteiger partial charge in [-0.05, 0) is 18.2 Å². The molecular weight excluding hydrogens is 435 g/mol. The van der Waals surface area contributed by atoms with Crippen LogP contribution in [0.3, 0.4) is 0 Å². The summed E-state index contributed by atoms with van der Waals surface area (Å²) in [5.41, 5.74) is 0.886. The molecule has 0 radical (unpaired) electrons. The SMILES string of the molecule is O=S(=O)(c1cc(Cl)ccc1Cl)N1CCN(Cc2nc(-c3ccccc3)no2)CC1. The lowest BCUT2D eigenvalue weighted by Crippen LogP contribution is -2.48. The molecule has 0 amide bonds. The van der Waals surface area contributed by atoms with Crippen molar-refractivity contribution in [3.63, 3.8) is 0 Å². The molecule has 7 nitrogen and oxygen atoms in total. The second-order valence-corrected chi connectivity index (χ2v) is 9.38. The fraction of sp³-hybridized carbons (Fsp3) is 0.263. The second kappa shape index (κ2) is 8.41. The Labute approximate surface area is 178 Å². The summed E-state index contributed by atoms with van der Waals surface area (Å²) in [7, 11) is -3.70. The first-order valence-corrected chi connectivity index (χ1v) is 11.2. The third kappa shape index (κ3) is 4.46. The van der Waals surface area contributed by atoms with Crippen LogP contribution in [0.25, 0.3) is 11.4 Å². The van der Waals surface area contributed by atoms with Crippen LogP contribution in [-0.2, 0) is 16.6 Å². The number of sulfonamides is 1.